The fourth-order valence-electron chi connectivity index (χ4n) is 1.92. The molecule has 20 heavy (non-hydrogen) atoms. The van der Waals surface area contributed by atoms with Gasteiger partial charge in [-0.25, -0.2) is 4.39 Å². The van der Waals surface area contributed by atoms with E-state index in [1.165, 1.54) is 12.1 Å². The number of benzene rings is 2. The van der Waals surface area contributed by atoms with E-state index < -0.39 is 0 Å². The fourth-order valence-corrected chi connectivity index (χ4v) is 1.92. The molecule has 0 aliphatic carbocycles. The van der Waals surface area contributed by atoms with Crippen LogP contribution in [0.4, 0.5) is 15.8 Å². The Hall–Kier alpha value is -2.23. The van der Waals surface area contributed by atoms with Crippen LogP contribution in [0.15, 0.2) is 48.5 Å². The summed E-state index contributed by atoms with van der Waals surface area (Å²) in [6.45, 7) is 1.46. The van der Waals surface area contributed by atoms with Gasteiger partial charge in [0.05, 0.1) is 6.61 Å². The van der Waals surface area contributed by atoms with Gasteiger partial charge in [-0.15, -0.1) is 0 Å². The molecule has 0 bridgehead atoms. The topological polar surface area (TPSA) is 38.5 Å². The van der Waals surface area contributed by atoms with E-state index in [-0.39, 0.29) is 5.82 Å². The van der Waals surface area contributed by atoms with Gasteiger partial charge in [-0.1, -0.05) is 6.07 Å². The normalized spacial score (nSPS) is 10.3. The highest BCUT2D eigenvalue weighted by atomic mass is 19.1. The molecule has 4 heteroatoms. The summed E-state index contributed by atoms with van der Waals surface area (Å²) < 4.78 is 18.5. The van der Waals surface area contributed by atoms with Gasteiger partial charge in [-0.3, -0.25) is 0 Å². The molecule has 0 heterocycles. The molecule has 2 N–H and O–H groups in total. The minimum Gasteiger partial charge on any atom is -0.493 e. The SMILES string of the molecule is CN(CCCOc1cccc(N)c1)c1ccc(F)cc1. The van der Waals surface area contributed by atoms with E-state index in [1.54, 1.807) is 12.1 Å². The number of nitrogens with zero attached hydrogens (tertiary/aromatic N) is 1. The van der Waals surface area contributed by atoms with E-state index in [1.807, 2.05) is 31.3 Å². The average molecular weight is 274 g/mol. The maximum absolute atomic E-state index is 12.8. The number of anilines is 2. The number of rotatable bonds is 6. The van der Waals surface area contributed by atoms with Gasteiger partial charge in [0, 0.05) is 31.0 Å². The number of nitrogen functional groups attached to an aromatic ring is 1. The van der Waals surface area contributed by atoms with Crippen LogP contribution >= 0.6 is 0 Å². The first-order valence-corrected chi connectivity index (χ1v) is 6.60. The summed E-state index contributed by atoms with van der Waals surface area (Å²) in [6.07, 6.45) is 0.878. The number of halogens is 1. The molecule has 0 fully saturated rings. The van der Waals surface area contributed by atoms with Crippen LogP contribution in [0.2, 0.25) is 0 Å². The fraction of sp³-hybridized carbons (Fsp3) is 0.250. The Bertz CT molecular complexity index is 542. The molecule has 2 aromatic rings. The van der Waals surface area contributed by atoms with Crippen LogP contribution in [0.25, 0.3) is 0 Å². The van der Waals surface area contributed by atoms with Gasteiger partial charge in [-0.05, 0) is 42.8 Å². The third-order valence-electron chi connectivity index (χ3n) is 3.03. The van der Waals surface area contributed by atoms with Crippen LogP contribution in [0.1, 0.15) is 6.42 Å². The molecule has 2 aromatic carbocycles. The van der Waals surface area contributed by atoms with Crippen LogP contribution in [-0.4, -0.2) is 20.2 Å². The van der Waals surface area contributed by atoms with Crippen molar-refractivity contribution in [2.45, 2.75) is 6.42 Å². The van der Waals surface area contributed by atoms with Gasteiger partial charge < -0.3 is 15.4 Å². The van der Waals surface area contributed by atoms with Gasteiger partial charge in [0.15, 0.2) is 0 Å². The lowest BCUT2D eigenvalue weighted by Gasteiger charge is -2.19. The van der Waals surface area contributed by atoms with Crippen molar-refractivity contribution in [3.05, 3.63) is 54.3 Å². The molecular weight excluding hydrogens is 255 g/mol. The molecule has 0 spiro atoms. The first kappa shape index (κ1) is 14.2. The summed E-state index contributed by atoms with van der Waals surface area (Å²) in [5, 5.41) is 0. The number of hydrogen-bond donors (Lipinski definition) is 1. The minimum absolute atomic E-state index is 0.216. The Morgan fingerprint density at radius 1 is 1.15 bits per heavy atom. The third kappa shape index (κ3) is 4.16. The Morgan fingerprint density at radius 2 is 1.90 bits per heavy atom. The third-order valence-corrected chi connectivity index (χ3v) is 3.03. The standard InChI is InChI=1S/C16H19FN2O/c1-19(15-8-6-13(17)7-9-15)10-3-11-20-16-5-2-4-14(18)12-16/h2,4-9,12H,3,10-11,18H2,1H3. The quantitative estimate of drug-likeness (QED) is 0.648. The molecule has 0 atom stereocenters. The van der Waals surface area contributed by atoms with Gasteiger partial charge in [-0.2, -0.15) is 0 Å². The molecule has 2 rings (SSSR count). The second-order valence-electron chi connectivity index (χ2n) is 4.67. The minimum atomic E-state index is -0.216. The monoisotopic (exact) mass is 274 g/mol. The van der Waals surface area contributed by atoms with Crippen LogP contribution < -0.4 is 15.4 Å². The van der Waals surface area contributed by atoms with Gasteiger partial charge in [0.25, 0.3) is 0 Å². The van der Waals surface area contributed by atoms with E-state index in [4.69, 9.17) is 10.5 Å². The van der Waals surface area contributed by atoms with Crippen molar-refractivity contribution in [1.82, 2.24) is 0 Å². The molecule has 106 valence electrons. The second-order valence-corrected chi connectivity index (χ2v) is 4.67. The molecule has 0 radical (unpaired) electrons. The molecule has 0 saturated carbocycles. The zero-order chi connectivity index (χ0) is 14.4. The van der Waals surface area contributed by atoms with Crippen molar-refractivity contribution in [2.24, 2.45) is 0 Å². The lowest BCUT2D eigenvalue weighted by atomic mass is 10.3. The molecule has 0 aliphatic heterocycles. The van der Waals surface area contributed by atoms with Crippen LogP contribution in [-0.2, 0) is 0 Å². The molecular formula is C16H19FN2O. The van der Waals surface area contributed by atoms with Crippen molar-refractivity contribution in [3.8, 4) is 5.75 Å². The molecule has 0 aliphatic rings. The zero-order valence-electron chi connectivity index (χ0n) is 11.6. The summed E-state index contributed by atoms with van der Waals surface area (Å²) in [6, 6.07) is 13.9. The van der Waals surface area contributed by atoms with Gasteiger partial charge >= 0.3 is 0 Å². The maximum Gasteiger partial charge on any atom is 0.123 e. The molecule has 0 unspecified atom stereocenters. The summed E-state index contributed by atoms with van der Waals surface area (Å²) >= 11 is 0. The molecule has 3 nitrogen and oxygen atoms in total. The Labute approximate surface area is 118 Å². The van der Waals surface area contributed by atoms with Crippen LogP contribution in [0, 0.1) is 5.82 Å². The second kappa shape index (κ2) is 6.80. The lowest BCUT2D eigenvalue weighted by molar-refractivity contribution is 0.312. The zero-order valence-corrected chi connectivity index (χ0v) is 11.6. The van der Waals surface area contributed by atoms with E-state index in [2.05, 4.69) is 4.90 Å². The summed E-state index contributed by atoms with van der Waals surface area (Å²) in [7, 11) is 1.98. The highest BCUT2D eigenvalue weighted by Crippen LogP contribution is 2.15. The summed E-state index contributed by atoms with van der Waals surface area (Å²) in [5.74, 6) is 0.571. The van der Waals surface area contributed by atoms with E-state index in [9.17, 15) is 4.39 Å². The Balaban J connectivity index is 1.74. The first-order valence-electron chi connectivity index (χ1n) is 6.60. The first-order chi connectivity index (χ1) is 9.65. The highest BCUT2D eigenvalue weighted by molar-refractivity contribution is 5.45. The predicted molar refractivity (Wildman–Crippen MR) is 80.6 cm³/mol. The molecule has 0 aromatic heterocycles. The Kier molecular flexibility index (Phi) is 4.82. The highest BCUT2D eigenvalue weighted by Gasteiger charge is 2.01. The van der Waals surface area contributed by atoms with E-state index in [0.717, 1.165) is 24.4 Å². The van der Waals surface area contributed by atoms with Crippen molar-refractivity contribution < 1.29 is 9.13 Å². The van der Waals surface area contributed by atoms with Crippen molar-refractivity contribution >= 4 is 11.4 Å². The summed E-state index contributed by atoms with van der Waals surface area (Å²) in [4.78, 5) is 2.07. The lowest BCUT2D eigenvalue weighted by Crippen LogP contribution is -2.20. The van der Waals surface area contributed by atoms with E-state index in [0.29, 0.717) is 12.3 Å². The molecule has 0 amide bonds. The number of hydrogen-bond acceptors (Lipinski definition) is 3. The molecule has 0 saturated heterocycles. The van der Waals surface area contributed by atoms with Crippen LogP contribution in [0.3, 0.4) is 0 Å². The smallest absolute Gasteiger partial charge is 0.123 e. The van der Waals surface area contributed by atoms with Gasteiger partial charge in [0.1, 0.15) is 11.6 Å². The predicted octanol–water partition coefficient (Wildman–Crippen LogP) is 3.31. The van der Waals surface area contributed by atoms with Crippen molar-refractivity contribution in [1.29, 1.82) is 0 Å². The van der Waals surface area contributed by atoms with Gasteiger partial charge in [0.2, 0.25) is 0 Å². The van der Waals surface area contributed by atoms with E-state index >= 15 is 0 Å². The maximum atomic E-state index is 12.8. The van der Waals surface area contributed by atoms with Crippen LogP contribution in [0.5, 0.6) is 5.75 Å². The number of ether oxygens (including phenoxy) is 1. The average Bonchev–Trinajstić information content (AvgIpc) is 2.44. The summed E-state index contributed by atoms with van der Waals surface area (Å²) in [5.41, 5.74) is 7.38. The number of nitrogens with two attached hydrogens (primary N) is 1. The van der Waals surface area contributed by atoms with Crippen molar-refractivity contribution in [2.75, 3.05) is 30.8 Å². The Morgan fingerprint density at radius 3 is 2.60 bits per heavy atom. The van der Waals surface area contributed by atoms with Crippen molar-refractivity contribution in [3.63, 3.8) is 0 Å². The largest absolute Gasteiger partial charge is 0.493 e.